The van der Waals surface area contributed by atoms with E-state index in [1.165, 1.54) is 24.4 Å². The van der Waals surface area contributed by atoms with Crippen LogP contribution < -0.4 is 9.62 Å². The number of nitrogens with one attached hydrogen (secondary N) is 1. The van der Waals surface area contributed by atoms with Crippen LogP contribution in [0.25, 0.3) is 0 Å². The Morgan fingerprint density at radius 2 is 2.04 bits per heavy atom. The van der Waals surface area contributed by atoms with Crippen LogP contribution in [-0.2, 0) is 14.8 Å². The van der Waals surface area contributed by atoms with Gasteiger partial charge < -0.3 is 5.32 Å². The molecule has 0 unspecified atom stereocenters. The number of carbonyl (C=O) groups is 1. The fraction of sp³-hybridized carbons (Fsp3) is 0.143. The number of rotatable bonds is 5. The van der Waals surface area contributed by atoms with Crippen molar-refractivity contribution in [3.8, 4) is 0 Å². The average molecular weight is 374 g/mol. The van der Waals surface area contributed by atoms with Crippen molar-refractivity contribution in [1.82, 2.24) is 4.98 Å². The Hall–Kier alpha value is -1.83. The largest absolute Gasteiger partial charge is 0.323 e. The molecule has 122 valence electrons. The summed E-state index contributed by atoms with van der Waals surface area (Å²) in [5, 5.41) is 3.07. The minimum atomic E-state index is -3.71. The molecule has 0 saturated heterocycles. The Bertz CT molecular complexity index is 813. The lowest BCUT2D eigenvalue weighted by atomic mass is 10.3. The number of nitrogens with zero attached hydrogens (tertiary/aromatic N) is 2. The highest BCUT2D eigenvalue weighted by Crippen LogP contribution is 2.30. The van der Waals surface area contributed by atoms with Crippen LogP contribution in [-0.4, -0.2) is 32.1 Å². The van der Waals surface area contributed by atoms with Gasteiger partial charge in [-0.2, -0.15) is 0 Å². The van der Waals surface area contributed by atoms with Gasteiger partial charge in [0.15, 0.2) is 0 Å². The fourth-order valence-electron chi connectivity index (χ4n) is 1.83. The van der Waals surface area contributed by atoms with Gasteiger partial charge in [-0.15, -0.1) is 0 Å². The Balaban J connectivity index is 2.25. The maximum atomic E-state index is 12.1. The van der Waals surface area contributed by atoms with Crippen LogP contribution in [0.4, 0.5) is 11.4 Å². The van der Waals surface area contributed by atoms with E-state index < -0.39 is 22.5 Å². The number of benzene rings is 1. The number of hydrogen-bond acceptors (Lipinski definition) is 4. The van der Waals surface area contributed by atoms with E-state index >= 15 is 0 Å². The monoisotopic (exact) mass is 373 g/mol. The van der Waals surface area contributed by atoms with Crippen molar-refractivity contribution in [2.24, 2.45) is 0 Å². The predicted molar refractivity (Wildman–Crippen MR) is 91.5 cm³/mol. The van der Waals surface area contributed by atoms with Crippen molar-refractivity contribution in [1.29, 1.82) is 0 Å². The van der Waals surface area contributed by atoms with E-state index in [-0.39, 0.29) is 10.7 Å². The van der Waals surface area contributed by atoms with Crippen molar-refractivity contribution in [2.75, 3.05) is 22.4 Å². The second-order valence-corrected chi connectivity index (χ2v) is 7.41. The summed E-state index contributed by atoms with van der Waals surface area (Å²) in [7, 11) is -3.71. The molecule has 0 atom stereocenters. The van der Waals surface area contributed by atoms with E-state index in [1.54, 1.807) is 18.3 Å². The molecule has 23 heavy (non-hydrogen) atoms. The van der Waals surface area contributed by atoms with Gasteiger partial charge in [0.2, 0.25) is 15.9 Å². The quantitative estimate of drug-likeness (QED) is 0.873. The summed E-state index contributed by atoms with van der Waals surface area (Å²) < 4.78 is 24.9. The molecule has 6 nitrogen and oxygen atoms in total. The van der Waals surface area contributed by atoms with Gasteiger partial charge in [0.1, 0.15) is 6.54 Å². The van der Waals surface area contributed by atoms with Crippen LogP contribution in [0.3, 0.4) is 0 Å². The number of pyridine rings is 1. The topological polar surface area (TPSA) is 79.4 Å². The van der Waals surface area contributed by atoms with Gasteiger partial charge in [-0.05, 0) is 30.3 Å². The molecule has 0 aliphatic carbocycles. The number of hydrogen-bond donors (Lipinski definition) is 1. The standard InChI is InChI=1S/C14H13Cl2N3O3S/c1-23(21,22)19(13-5-4-10(15)7-12(13)16)9-14(20)18-11-3-2-6-17-8-11/h2-8H,9H2,1H3,(H,18,20). The first kappa shape index (κ1) is 17.5. The molecular weight excluding hydrogens is 361 g/mol. The Labute approximate surface area is 144 Å². The molecule has 2 aromatic rings. The Kier molecular flexibility index (Phi) is 5.46. The number of carbonyl (C=O) groups excluding carboxylic acids is 1. The first-order valence-corrected chi connectivity index (χ1v) is 9.00. The molecule has 1 amide bonds. The van der Waals surface area contributed by atoms with Crippen molar-refractivity contribution in [3.05, 3.63) is 52.8 Å². The smallest absolute Gasteiger partial charge is 0.245 e. The second kappa shape index (κ2) is 7.16. The molecule has 0 spiro atoms. The molecule has 1 aromatic carbocycles. The first-order valence-electron chi connectivity index (χ1n) is 6.40. The van der Waals surface area contributed by atoms with Crippen LogP contribution in [0.15, 0.2) is 42.7 Å². The molecule has 0 aliphatic heterocycles. The van der Waals surface area contributed by atoms with E-state index in [0.717, 1.165) is 10.6 Å². The predicted octanol–water partition coefficient (Wildman–Crippen LogP) is 2.79. The highest BCUT2D eigenvalue weighted by atomic mass is 35.5. The number of halogens is 2. The van der Waals surface area contributed by atoms with Gasteiger partial charge >= 0.3 is 0 Å². The van der Waals surface area contributed by atoms with Crippen LogP contribution in [0.2, 0.25) is 10.0 Å². The second-order valence-electron chi connectivity index (χ2n) is 4.66. The van der Waals surface area contributed by atoms with Gasteiger partial charge in [0.05, 0.1) is 28.9 Å². The lowest BCUT2D eigenvalue weighted by Crippen LogP contribution is -2.37. The third-order valence-corrected chi connectivity index (χ3v) is 4.48. The van der Waals surface area contributed by atoms with Gasteiger partial charge in [-0.1, -0.05) is 23.2 Å². The number of aromatic nitrogens is 1. The van der Waals surface area contributed by atoms with Crippen LogP contribution in [0.5, 0.6) is 0 Å². The molecular formula is C14H13Cl2N3O3S. The molecule has 1 aromatic heterocycles. The summed E-state index contributed by atoms with van der Waals surface area (Å²) in [6, 6.07) is 7.66. The normalized spacial score (nSPS) is 11.1. The third-order valence-electron chi connectivity index (χ3n) is 2.81. The lowest BCUT2D eigenvalue weighted by molar-refractivity contribution is -0.114. The molecule has 0 saturated carbocycles. The summed E-state index contributed by atoms with van der Waals surface area (Å²) >= 11 is 11.9. The maximum Gasteiger partial charge on any atom is 0.245 e. The molecule has 0 radical (unpaired) electrons. The SMILES string of the molecule is CS(=O)(=O)N(CC(=O)Nc1cccnc1)c1ccc(Cl)cc1Cl. The van der Waals surface area contributed by atoms with Gasteiger partial charge in [-0.3, -0.25) is 14.1 Å². The van der Waals surface area contributed by atoms with Crippen LogP contribution in [0, 0.1) is 0 Å². The van der Waals surface area contributed by atoms with Crippen molar-refractivity contribution >= 4 is 50.5 Å². The third kappa shape index (κ3) is 4.82. The zero-order valence-electron chi connectivity index (χ0n) is 12.0. The summed E-state index contributed by atoms with van der Waals surface area (Å²) in [4.78, 5) is 16.0. The van der Waals surface area contributed by atoms with Crippen molar-refractivity contribution < 1.29 is 13.2 Å². The molecule has 0 bridgehead atoms. The molecule has 0 aliphatic rings. The maximum absolute atomic E-state index is 12.1. The summed E-state index contributed by atoms with van der Waals surface area (Å²) in [6.45, 7) is -0.422. The van der Waals surface area contributed by atoms with E-state index in [4.69, 9.17) is 23.2 Å². The number of sulfonamides is 1. The number of anilines is 2. The minimum Gasteiger partial charge on any atom is -0.323 e. The van der Waals surface area contributed by atoms with Crippen molar-refractivity contribution in [2.45, 2.75) is 0 Å². The minimum absolute atomic E-state index is 0.136. The van der Waals surface area contributed by atoms with Gasteiger partial charge in [-0.25, -0.2) is 8.42 Å². The van der Waals surface area contributed by atoms with E-state index in [0.29, 0.717) is 10.7 Å². The highest BCUT2D eigenvalue weighted by Gasteiger charge is 2.23. The van der Waals surface area contributed by atoms with Crippen LogP contribution in [0.1, 0.15) is 0 Å². The Morgan fingerprint density at radius 1 is 1.30 bits per heavy atom. The van der Waals surface area contributed by atoms with E-state index in [9.17, 15) is 13.2 Å². The van der Waals surface area contributed by atoms with Crippen LogP contribution >= 0.6 is 23.2 Å². The number of amides is 1. The van der Waals surface area contributed by atoms with E-state index in [1.807, 2.05) is 0 Å². The lowest BCUT2D eigenvalue weighted by Gasteiger charge is -2.23. The molecule has 1 heterocycles. The van der Waals surface area contributed by atoms with Gasteiger partial charge in [0, 0.05) is 11.2 Å². The highest BCUT2D eigenvalue weighted by molar-refractivity contribution is 7.92. The van der Waals surface area contributed by atoms with E-state index in [2.05, 4.69) is 10.3 Å². The Morgan fingerprint density at radius 3 is 2.61 bits per heavy atom. The average Bonchev–Trinajstić information content (AvgIpc) is 2.45. The molecule has 1 N–H and O–H groups in total. The zero-order chi connectivity index (χ0) is 17.0. The summed E-state index contributed by atoms with van der Waals surface area (Å²) in [5.74, 6) is -0.519. The van der Waals surface area contributed by atoms with Gasteiger partial charge in [0.25, 0.3) is 0 Å². The first-order chi connectivity index (χ1) is 10.8. The molecule has 0 fully saturated rings. The molecule has 9 heteroatoms. The van der Waals surface area contributed by atoms with Crippen molar-refractivity contribution in [3.63, 3.8) is 0 Å². The fourth-order valence-corrected chi connectivity index (χ4v) is 3.26. The molecule has 2 rings (SSSR count). The summed E-state index contributed by atoms with van der Waals surface area (Å²) in [5.41, 5.74) is 0.646. The zero-order valence-corrected chi connectivity index (χ0v) is 14.4. The summed E-state index contributed by atoms with van der Waals surface area (Å²) in [6.07, 6.45) is 4.01.